The Morgan fingerprint density at radius 3 is 2.44 bits per heavy atom. The molecule has 2 atom stereocenters. The Bertz CT molecular complexity index is 1190. The van der Waals surface area contributed by atoms with Crippen molar-refractivity contribution in [2.24, 2.45) is 5.92 Å². The number of nitrogens with two attached hydrogens (primary N) is 1. The van der Waals surface area contributed by atoms with Gasteiger partial charge in [0.05, 0.1) is 11.4 Å². The van der Waals surface area contributed by atoms with Gasteiger partial charge < -0.3 is 20.9 Å². The van der Waals surface area contributed by atoms with Crippen molar-refractivity contribution < 1.29 is 23.8 Å². The number of para-hydroxylation sites is 2. The van der Waals surface area contributed by atoms with Crippen molar-refractivity contribution >= 4 is 29.1 Å². The number of aryl methyl sites for hydroxylation is 1. The van der Waals surface area contributed by atoms with E-state index in [1.807, 2.05) is 19.1 Å². The van der Waals surface area contributed by atoms with Crippen LogP contribution in [-0.4, -0.2) is 17.1 Å². The molecular weight excluding hydrogens is 437 g/mol. The van der Waals surface area contributed by atoms with E-state index in [0.29, 0.717) is 22.6 Å². The molecule has 0 aromatic heterocycles. The quantitative estimate of drug-likeness (QED) is 0.271. The average Bonchev–Trinajstić information content (AvgIpc) is 2.81. The molecule has 2 amide bonds. The summed E-state index contributed by atoms with van der Waals surface area (Å²) in [6.07, 6.45) is 1.15. The number of hydrogen-bond acceptors (Lipinski definition) is 5. The number of halogens is 1. The van der Waals surface area contributed by atoms with Crippen molar-refractivity contribution in [2.45, 2.75) is 20.0 Å². The minimum absolute atomic E-state index is 0.319. The molecule has 3 aromatic carbocycles. The summed E-state index contributed by atoms with van der Waals surface area (Å²) in [5, 5.41) is 14.8. The number of benzene rings is 3. The minimum atomic E-state index is -0.939. The van der Waals surface area contributed by atoms with E-state index in [4.69, 9.17) is 10.5 Å². The highest BCUT2D eigenvalue weighted by Crippen LogP contribution is 2.30. The zero-order valence-electron chi connectivity index (χ0n) is 18.8. The highest BCUT2D eigenvalue weighted by Gasteiger charge is 2.24. The molecule has 34 heavy (non-hydrogen) atoms. The van der Waals surface area contributed by atoms with Crippen LogP contribution in [0.25, 0.3) is 0 Å². The van der Waals surface area contributed by atoms with E-state index in [-0.39, 0.29) is 0 Å². The predicted octanol–water partition coefficient (Wildman–Crippen LogP) is 5.54. The number of nitrogens with one attached hydrogen (secondary N) is 2. The zero-order valence-corrected chi connectivity index (χ0v) is 18.8. The van der Waals surface area contributed by atoms with Crippen molar-refractivity contribution in [3.05, 3.63) is 95.8 Å². The fraction of sp³-hybridized carbons (Fsp3) is 0.154. The summed E-state index contributed by atoms with van der Waals surface area (Å²) in [4.78, 5) is 24.9. The first-order chi connectivity index (χ1) is 16.2. The maximum absolute atomic E-state index is 14.0. The number of aromatic hydroxyl groups is 1. The van der Waals surface area contributed by atoms with Gasteiger partial charge in [0.1, 0.15) is 6.10 Å². The first-order valence-corrected chi connectivity index (χ1v) is 10.6. The monoisotopic (exact) mass is 463 g/mol. The minimum Gasteiger partial charge on any atom is -0.505 e. The van der Waals surface area contributed by atoms with Gasteiger partial charge in [-0.25, -0.2) is 9.18 Å². The Kier molecular flexibility index (Phi) is 7.87. The second kappa shape index (κ2) is 11.0. The van der Waals surface area contributed by atoms with E-state index in [0.717, 1.165) is 11.6 Å². The molecule has 3 aromatic rings. The largest absolute Gasteiger partial charge is 0.505 e. The van der Waals surface area contributed by atoms with E-state index >= 15 is 0 Å². The van der Waals surface area contributed by atoms with Crippen LogP contribution in [0.15, 0.2) is 78.9 Å². The van der Waals surface area contributed by atoms with E-state index < -0.39 is 35.6 Å². The van der Waals surface area contributed by atoms with Crippen LogP contribution in [0.2, 0.25) is 0 Å². The van der Waals surface area contributed by atoms with Crippen molar-refractivity contribution in [3.63, 3.8) is 0 Å². The van der Waals surface area contributed by atoms with Gasteiger partial charge in [-0.1, -0.05) is 48.9 Å². The van der Waals surface area contributed by atoms with Crippen molar-refractivity contribution in [1.29, 1.82) is 0 Å². The highest BCUT2D eigenvalue weighted by atomic mass is 19.1. The number of anilines is 3. The van der Waals surface area contributed by atoms with Crippen molar-refractivity contribution in [3.8, 4) is 5.75 Å². The highest BCUT2D eigenvalue weighted by molar-refractivity contribution is 6.01. The Labute approximate surface area is 197 Å². The third-order valence-corrected chi connectivity index (χ3v) is 5.08. The van der Waals surface area contributed by atoms with Crippen LogP contribution in [0.3, 0.4) is 0 Å². The van der Waals surface area contributed by atoms with Crippen LogP contribution in [0, 0.1) is 18.7 Å². The van der Waals surface area contributed by atoms with Gasteiger partial charge in [-0.3, -0.25) is 10.1 Å². The SMILES string of the molecule is Cc1ccc(NC(=O)O[C@H](c2ccc(O)c(F)c2)[C@@H](C)/C=C/C(=O)Nc2ccccc2N)cc1. The van der Waals surface area contributed by atoms with Gasteiger partial charge in [0.25, 0.3) is 0 Å². The predicted molar refractivity (Wildman–Crippen MR) is 130 cm³/mol. The summed E-state index contributed by atoms with van der Waals surface area (Å²) in [5.41, 5.74) is 8.62. The van der Waals surface area contributed by atoms with Crippen LogP contribution in [-0.2, 0) is 9.53 Å². The first kappa shape index (κ1) is 24.3. The van der Waals surface area contributed by atoms with Crippen molar-refractivity contribution in [1.82, 2.24) is 0 Å². The van der Waals surface area contributed by atoms with Crippen LogP contribution in [0.4, 0.5) is 26.2 Å². The van der Waals surface area contributed by atoms with Crippen LogP contribution < -0.4 is 16.4 Å². The second-order valence-corrected chi connectivity index (χ2v) is 7.82. The Hall–Kier alpha value is -4.33. The van der Waals surface area contributed by atoms with E-state index in [2.05, 4.69) is 10.6 Å². The van der Waals surface area contributed by atoms with Crippen molar-refractivity contribution in [2.75, 3.05) is 16.4 Å². The van der Waals surface area contributed by atoms with E-state index in [1.165, 1.54) is 18.2 Å². The molecule has 7 nitrogen and oxygen atoms in total. The standard InChI is InChI=1S/C26H26FN3O4/c1-16-7-11-19(12-8-16)29-26(33)34-25(18-10-13-23(31)20(27)15-18)17(2)9-14-24(32)30-22-6-4-3-5-21(22)28/h3-15,17,25,31H,28H2,1-2H3,(H,29,33)(H,30,32)/b14-9+/t17-,25-/m0/s1. The molecule has 0 saturated carbocycles. The molecule has 0 bridgehead atoms. The van der Waals surface area contributed by atoms with Crippen LogP contribution >= 0.6 is 0 Å². The molecule has 3 rings (SSSR count). The van der Waals surface area contributed by atoms with Crippen LogP contribution in [0.5, 0.6) is 5.75 Å². The van der Waals surface area contributed by atoms with E-state index in [1.54, 1.807) is 49.4 Å². The molecule has 0 saturated heterocycles. The summed E-state index contributed by atoms with van der Waals surface area (Å²) in [6, 6.07) is 17.7. The van der Waals surface area contributed by atoms with Gasteiger partial charge in [-0.2, -0.15) is 0 Å². The molecule has 0 aliphatic rings. The molecule has 0 aliphatic heterocycles. The third kappa shape index (κ3) is 6.59. The molecule has 0 aliphatic carbocycles. The summed E-state index contributed by atoms with van der Waals surface area (Å²) in [7, 11) is 0. The fourth-order valence-electron chi connectivity index (χ4n) is 3.20. The number of carbonyl (C=O) groups is 2. The van der Waals surface area contributed by atoms with Gasteiger partial charge in [0.2, 0.25) is 5.91 Å². The fourth-order valence-corrected chi connectivity index (χ4v) is 3.20. The third-order valence-electron chi connectivity index (χ3n) is 5.08. The lowest BCUT2D eigenvalue weighted by atomic mass is 9.96. The van der Waals surface area contributed by atoms with Gasteiger partial charge >= 0.3 is 6.09 Å². The average molecular weight is 464 g/mol. The number of phenolic OH excluding ortho intramolecular Hbond substituents is 1. The molecule has 176 valence electrons. The molecule has 0 heterocycles. The molecular formula is C26H26FN3O4. The smallest absolute Gasteiger partial charge is 0.412 e. The zero-order chi connectivity index (χ0) is 24.7. The lowest BCUT2D eigenvalue weighted by molar-refractivity contribution is -0.111. The summed E-state index contributed by atoms with van der Waals surface area (Å²) in [5.74, 6) is -2.32. The number of nitrogen functional groups attached to an aromatic ring is 1. The Balaban J connectivity index is 1.76. The summed E-state index contributed by atoms with van der Waals surface area (Å²) < 4.78 is 19.6. The molecule has 8 heteroatoms. The summed E-state index contributed by atoms with van der Waals surface area (Å²) >= 11 is 0. The van der Waals surface area contributed by atoms with Gasteiger partial charge in [-0.05, 0) is 55.0 Å². The Morgan fingerprint density at radius 1 is 1.06 bits per heavy atom. The van der Waals surface area contributed by atoms with E-state index in [9.17, 15) is 19.1 Å². The maximum Gasteiger partial charge on any atom is 0.412 e. The summed E-state index contributed by atoms with van der Waals surface area (Å²) in [6.45, 7) is 3.64. The first-order valence-electron chi connectivity index (χ1n) is 10.6. The molecule has 0 spiro atoms. The lowest BCUT2D eigenvalue weighted by Gasteiger charge is -2.23. The van der Waals surface area contributed by atoms with Crippen LogP contribution in [0.1, 0.15) is 24.2 Å². The molecule has 0 radical (unpaired) electrons. The van der Waals surface area contributed by atoms with Gasteiger partial charge in [0.15, 0.2) is 11.6 Å². The molecule has 0 unspecified atom stereocenters. The maximum atomic E-state index is 14.0. The topological polar surface area (TPSA) is 114 Å². The number of rotatable bonds is 7. The van der Waals surface area contributed by atoms with Gasteiger partial charge in [-0.15, -0.1) is 0 Å². The molecule has 5 N–H and O–H groups in total. The Morgan fingerprint density at radius 2 is 1.76 bits per heavy atom. The normalized spacial score (nSPS) is 12.7. The number of ether oxygens (including phenoxy) is 1. The second-order valence-electron chi connectivity index (χ2n) is 7.82. The molecule has 0 fully saturated rings. The number of phenols is 1. The number of hydrogen-bond donors (Lipinski definition) is 4. The van der Waals surface area contributed by atoms with Gasteiger partial charge in [0, 0.05) is 11.6 Å². The lowest BCUT2D eigenvalue weighted by Crippen LogP contribution is -2.21. The number of carbonyl (C=O) groups excluding carboxylic acids is 2. The number of amides is 2.